The first-order chi connectivity index (χ1) is 15.9. The number of nitrogens with zero attached hydrogens (tertiary/aromatic N) is 3. The van der Waals surface area contributed by atoms with Crippen LogP contribution < -0.4 is 10.3 Å². The number of aryl methyl sites for hydroxylation is 1. The molecule has 0 aliphatic heterocycles. The summed E-state index contributed by atoms with van der Waals surface area (Å²) in [5.41, 5.74) is 2.11. The fourth-order valence-electron chi connectivity index (χ4n) is 3.31. The lowest BCUT2D eigenvalue weighted by molar-refractivity contribution is 0.0696. The Balaban J connectivity index is 1.57. The number of carboxylic acids is 1. The van der Waals surface area contributed by atoms with Crippen molar-refractivity contribution in [1.29, 1.82) is 0 Å². The zero-order chi connectivity index (χ0) is 23.4. The molecule has 0 spiro atoms. The number of aromatic carboxylic acids is 1. The van der Waals surface area contributed by atoms with Gasteiger partial charge in [0, 0.05) is 10.9 Å². The average molecular weight is 506 g/mol. The molecule has 1 N–H and O–H groups in total. The molecular formula is C25H20BrN3O4. The number of aromatic nitrogens is 2. The van der Waals surface area contributed by atoms with Gasteiger partial charge in [0.25, 0.3) is 5.56 Å². The number of fused-ring (bicyclic) bond motifs is 1. The topological polar surface area (TPSA) is 93.8 Å². The zero-order valence-corrected chi connectivity index (χ0v) is 19.3. The van der Waals surface area contributed by atoms with Gasteiger partial charge < -0.3 is 9.84 Å². The van der Waals surface area contributed by atoms with E-state index in [4.69, 9.17) is 9.84 Å². The average Bonchev–Trinajstić information content (AvgIpc) is 2.83. The van der Waals surface area contributed by atoms with Crippen LogP contribution >= 0.6 is 15.9 Å². The van der Waals surface area contributed by atoms with Crippen LogP contribution in [0.1, 0.15) is 34.2 Å². The monoisotopic (exact) mass is 505 g/mol. The van der Waals surface area contributed by atoms with Crippen molar-refractivity contribution in [1.82, 2.24) is 9.66 Å². The third kappa shape index (κ3) is 5.18. The van der Waals surface area contributed by atoms with Gasteiger partial charge in [0.05, 0.1) is 22.7 Å². The Hall–Kier alpha value is -3.78. The predicted octanol–water partition coefficient (Wildman–Crippen LogP) is 4.88. The van der Waals surface area contributed by atoms with Crippen LogP contribution in [0.3, 0.4) is 0 Å². The molecule has 0 fully saturated rings. The highest BCUT2D eigenvalue weighted by Gasteiger charge is 2.10. The van der Waals surface area contributed by atoms with Gasteiger partial charge in [-0.25, -0.2) is 9.78 Å². The Morgan fingerprint density at radius 2 is 1.97 bits per heavy atom. The van der Waals surface area contributed by atoms with E-state index < -0.39 is 5.97 Å². The lowest BCUT2D eigenvalue weighted by Gasteiger charge is -2.09. The molecule has 4 rings (SSSR count). The third-order valence-corrected chi connectivity index (χ3v) is 5.44. The van der Waals surface area contributed by atoms with E-state index in [1.807, 2.05) is 31.2 Å². The number of hydrogen-bond donors (Lipinski definition) is 1. The maximum Gasteiger partial charge on any atom is 0.335 e. The first kappa shape index (κ1) is 22.4. The van der Waals surface area contributed by atoms with E-state index in [9.17, 15) is 9.59 Å². The molecule has 0 amide bonds. The second-order valence-electron chi connectivity index (χ2n) is 7.27. The molecule has 0 aliphatic rings. The van der Waals surface area contributed by atoms with Gasteiger partial charge in [-0.05, 0) is 53.6 Å². The summed E-state index contributed by atoms with van der Waals surface area (Å²) in [6, 6.07) is 19.3. The van der Waals surface area contributed by atoms with Crippen molar-refractivity contribution in [2.75, 3.05) is 0 Å². The smallest absolute Gasteiger partial charge is 0.335 e. The second-order valence-corrected chi connectivity index (χ2v) is 8.19. The van der Waals surface area contributed by atoms with E-state index in [1.165, 1.54) is 10.7 Å². The van der Waals surface area contributed by atoms with Crippen molar-refractivity contribution in [3.8, 4) is 5.75 Å². The highest BCUT2D eigenvalue weighted by Crippen LogP contribution is 2.17. The van der Waals surface area contributed by atoms with Gasteiger partial charge in [0.2, 0.25) is 0 Å². The highest BCUT2D eigenvalue weighted by atomic mass is 79.9. The van der Waals surface area contributed by atoms with Gasteiger partial charge >= 0.3 is 5.97 Å². The number of carbonyl (C=O) groups is 1. The predicted molar refractivity (Wildman–Crippen MR) is 130 cm³/mol. The molecule has 166 valence electrons. The molecule has 1 heterocycles. The summed E-state index contributed by atoms with van der Waals surface area (Å²) in [4.78, 5) is 28.7. The summed E-state index contributed by atoms with van der Waals surface area (Å²) in [6.45, 7) is 2.15. The van der Waals surface area contributed by atoms with Crippen LogP contribution in [0, 0.1) is 0 Å². The Kier molecular flexibility index (Phi) is 6.65. The Morgan fingerprint density at radius 1 is 1.15 bits per heavy atom. The summed E-state index contributed by atoms with van der Waals surface area (Å²) < 4.78 is 7.94. The SMILES string of the molecule is CCc1nc2ccc(Br)cc2c(=O)n1N=Cc1cccc(OCc2cccc(C(=O)O)c2)c1. The van der Waals surface area contributed by atoms with E-state index in [0.29, 0.717) is 28.9 Å². The molecule has 1 aromatic heterocycles. The van der Waals surface area contributed by atoms with Crippen LogP contribution in [0.15, 0.2) is 81.1 Å². The standard InChI is InChI=1S/C25H20BrN3O4/c1-2-23-28-22-10-9-19(26)13-21(22)24(30)29(23)27-14-16-5-4-8-20(12-16)33-15-17-6-3-7-18(11-17)25(31)32/h3-14H,2,15H2,1H3,(H,31,32). The van der Waals surface area contributed by atoms with Crippen molar-refractivity contribution in [3.05, 3.63) is 104 Å². The van der Waals surface area contributed by atoms with Gasteiger partial charge in [-0.15, -0.1) is 0 Å². The Bertz CT molecular complexity index is 1430. The van der Waals surface area contributed by atoms with Gasteiger partial charge in [-0.1, -0.05) is 47.1 Å². The quantitative estimate of drug-likeness (QED) is 0.361. The first-order valence-electron chi connectivity index (χ1n) is 10.2. The summed E-state index contributed by atoms with van der Waals surface area (Å²) in [5.74, 6) is 0.187. The lowest BCUT2D eigenvalue weighted by atomic mass is 10.1. The van der Waals surface area contributed by atoms with Crippen molar-refractivity contribution in [3.63, 3.8) is 0 Å². The van der Waals surface area contributed by atoms with Crippen molar-refractivity contribution >= 4 is 39.0 Å². The fraction of sp³-hybridized carbons (Fsp3) is 0.120. The van der Waals surface area contributed by atoms with Gasteiger partial charge in [0.15, 0.2) is 0 Å². The number of carboxylic acid groups (broad SMARTS) is 1. The van der Waals surface area contributed by atoms with Gasteiger partial charge in [-0.3, -0.25) is 4.79 Å². The molecule has 0 atom stereocenters. The van der Waals surface area contributed by atoms with Crippen LogP contribution in [-0.2, 0) is 13.0 Å². The molecule has 8 heteroatoms. The zero-order valence-electron chi connectivity index (χ0n) is 17.7. The number of hydrogen-bond acceptors (Lipinski definition) is 5. The Morgan fingerprint density at radius 3 is 2.76 bits per heavy atom. The van der Waals surface area contributed by atoms with E-state index >= 15 is 0 Å². The summed E-state index contributed by atoms with van der Waals surface area (Å²) >= 11 is 3.40. The number of ether oxygens (including phenoxy) is 1. The summed E-state index contributed by atoms with van der Waals surface area (Å²) in [7, 11) is 0. The third-order valence-electron chi connectivity index (χ3n) is 4.95. The molecule has 0 unspecified atom stereocenters. The van der Waals surface area contributed by atoms with Crippen molar-refractivity contribution < 1.29 is 14.6 Å². The van der Waals surface area contributed by atoms with Crippen LogP contribution in [0.4, 0.5) is 0 Å². The van der Waals surface area contributed by atoms with E-state index in [0.717, 1.165) is 15.6 Å². The maximum atomic E-state index is 13.0. The molecule has 7 nitrogen and oxygen atoms in total. The fourth-order valence-corrected chi connectivity index (χ4v) is 3.67. The molecule has 0 radical (unpaired) electrons. The summed E-state index contributed by atoms with van der Waals surface area (Å²) in [6.07, 6.45) is 2.14. The number of rotatable bonds is 7. The minimum atomic E-state index is -0.979. The maximum absolute atomic E-state index is 13.0. The molecule has 33 heavy (non-hydrogen) atoms. The number of halogens is 1. The van der Waals surface area contributed by atoms with Crippen LogP contribution in [0.5, 0.6) is 5.75 Å². The largest absolute Gasteiger partial charge is 0.489 e. The van der Waals surface area contributed by atoms with Gasteiger partial charge in [0.1, 0.15) is 18.2 Å². The van der Waals surface area contributed by atoms with Crippen molar-refractivity contribution in [2.24, 2.45) is 5.10 Å². The molecule has 0 saturated carbocycles. The van der Waals surface area contributed by atoms with E-state index in [1.54, 1.807) is 42.6 Å². The van der Waals surface area contributed by atoms with Crippen LogP contribution in [0.25, 0.3) is 10.9 Å². The molecular weight excluding hydrogens is 486 g/mol. The minimum Gasteiger partial charge on any atom is -0.489 e. The highest BCUT2D eigenvalue weighted by molar-refractivity contribution is 9.10. The molecule has 0 bridgehead atoms. The molecule has 3 aromatic carbocycles. The molecule has 4 aromatic rings. The molecule has 0 saturated heterocycles. The normalized spacial score (nSPS) is 11.2. The van der Waals surface area contributed by atoms with E-state index in [2.05, 4.69) is 26.0 Å². The lowest BCUT2D eigenvalue weighted by Crippen LogP contribution is -2.22. The first-order valence-corrected chi connectivity index (χ1v) is 11.0. The van der Waals surface area contributed by atoms with Gasteiger partial charge in [-0.2, -0.15) is 9.78 Å². The van der Waals surface area contributed by atoms with Crippen LogP contribution in [0.2, 0.25) is 0 Å². The minimum absolute atomic E-state index is 0.213. The summed E-state index contributed by atoms with van der Waals surface area (Å²) in [5, 5.41) is 14.0. The van der Waals surface area contributed by atoms with Crippen molar-refractivity contribution in [2.45, 2.75) is 20.0 Å². The number of benzene rings is 3. The second kappa shape index (κ2) is 9.79. The molecule has 0 aliphatic carbocycles. The van der Waals surface area contributed by atoms with Crippen LogP contribution in [-0.4, -0.2) is 27.0 Å². The van der Waals surface area contributed by atoms with E-state index in [-0.39, 0.29) is 17.7 Å². The Labute approximate surface area is 198 Å².